The van der Waals surface area contributed by atoms with Crippen molar-refractivity contribution in [3.63, 3.8) is 0 Å². The van der Waals surface area contributed by atoms with Crippen molar-refractivity contribution in [1.29, 1.82) is 0 Å². The zero-order valence-electron chi connectivity index (χ0n) is 11.4. The molecule has 0 bridgehead atoms. The van der Waals surface area contributed by atoms with Crippen LogP contribution in [-0.2, 0) is 11.3 Å². The first-order valence-corrected chi connectivity index (χ1v) is 6.87. The number of ether oxygens (including phenoxy) is 1. The second-order valence-corrected chi connectivity index (χ2v) is 4.92. The molecule has 1 heterocycles. The molecule has 2 rings (SSSR count). The molecule has 1 saturated carbocycles. The fraction of sp³-hybridized carbons (Fsp3) is 0.692. The Morgan fingerprint density at radius 1 is 1.47 bits per heavy atom. The molecule has 0 unspecified atom stereocenters. The summed E-state index contributed by atoms with van der Waals surface area (Å²) in [4.78, 5) is 11.8. The van der Waals surface area contributed by atoms with E-state index in [9.17, 15) is 4.79 Å². The summed E-state index contributed by atoms with van der Waals surface area (Å²) >= 11 is 0. The molecule has 19 heavy (non-hydrogen) atoms. The Bertz CT molecular complexity index is 399. The van der Waals surface area contributed by atoms with Crippen LogP contribution in [0.15, 0.2) is 12.4 Å². The van der Waals surface area contributed by atoms with Crippen molar-refractivity contribution in [3.8, 4) is 0 Å². The van der Waals surface area contributed by atoms with E-state index in [0.29, 0.717) is 24.9 Å². The zero-order valence-corrected chi connectivity index (χ0v) is 11.4. The van der Waals surface area contributed by atoms with Crippen molar-refractivity contribution in [2.24, 2.45) is 0 Å². The third-order valence-corrected chi connectivity index (χ3v) is 3.36. The van der Waals surface area contributed by atoms with Crippen molar-refractivity contribution in [3.05, 3.63) is 12.4 Å². The highest BCUT2D eigenvalue weighted by atomic mass is 16.5. The first kappa shape index (κ1) is 13.9. The Morgan fingerprint density at radius 3 is 3.00 bits per heavy atom. The van der Waals surface area contributed by atoms with Crippen molar-refractivity contribution in [1.82, 2.24) is 15.1 Å². The van der Waals surface area contributed by atoms with Crippen LogP contribution in [-0.4, -0.2) is 35.6 Å². The lowest BCUT2D eigenvalue weighted by atomic mass is 9.96. The van der Waals surface area contributed by atoms with Gasteiger partial charge >= 0.3 is 6.03 Å². The Morgan fingerprint density at radius 2 is 2.26 bits per heavy atom. The Hall–Kier alpha value is -1.56. The van der Waals surface area contributed by atoms with Crippen LogP contribution in [0.1, 0.15) is 32.1 Å². The van der Waals surface area contributed by atoms with Crippen LogP contribution in [0.3, 0.4) is 0 Å². The summed E-state index contributed by atoms with van der Waals surface area (Å²) in [5.41, 5.74) is 0.712. The average Bonchev–Trinajstić information content (AvgIpc) is 2.85. The topological polar surface area (TPSA) is 68.2 Å². The highest BCUT2D eigenvalue weighted by Crippen LogP contribution is 2.17. The summed E-state index contributed by atoms with van der Waals surface area (Å²) in [6.45, 7) is 1.29. The maximum absolute atomic E-state index is 11.8. The first-order chi connectivity index (χ1) is 9.28. The lowest BCUT2D eigenvalue weighted by Crippen LogP contribution is -2.38. The standard InChI is InChI=1S/C13H22N4O2/c1-19-8-7-17-10-12(9-14-17)16-13(18)15-11-5-3-2-4-6-11/h9-11H,2-8H2,1H3,(H2,15,16,18). The fourth-order valence-electron chi connectivity index (χ4n) is 2.33. The summed E-state index contributed by atoms with van der Waals surface area (Å²) in [5, 5.41) is 9.97. The van der Waals surface area contributed by atoms with E-state index in [4.69, 9.17) is 4.74 Å². The second-order valence-electron chi connectivity index (χ2n) is 4.92. The molecule has 0 radical (unpaired) electrons. The van der Waals surface area contributed by atoms with E-state index in [2.05, 4.69) is 15.7 Å². The van der Waals surface area contributed by atoms with E-state index in [0.717, 1.165) is 12.8 Å². The molecule has 0 atom stereocenters. The number of methoxy groups -OCH3 is 1. The molecule has 1 aromatic heterocycles. The van der Waals surface area contributed by atoms with Crippen molar-refractivity contribution in [2.75, 3.05) is 19.0 Å². The maximum Gasteiger partial charge on any atom is 0.319 e. The normalized spacial score (nSPS) is 16.3. The number of urea groups is 1. The van der Waals surface area contributed by atoms with Crippen molar-refractivity contribution >= 4 is 11.7 Å². The molecule has 0 spiro atoms. The van der Waals surface area contributed by atoms with Gasteiger partial charge in [-0.2, -0.15) is 5.10 Å². The van der Waals surface area contributed by atoms with Gasteiger partial charge in [0.2, 0.25) is 0 Å². The molecule has 2 N–H and O–H groups in total. The van der Waals surface area contributed by atoms with Crippen LogP contribution >= 0.6 is 0 Å². The van der Waals surface area contributed by atoms with Crippen LogP contribution in [0, 0.1) is 0 Å². The summed E-state index contributed by atoms with van der Waals surface area (Å²) in [7, 11) is 1.65. The molecule has 1 aliphatic carbocycles. The highest BCUT2D eigenvalue weighted by Gasteiger charge is 2.15. The molecule has 0 aliphatic heterocycles. The van der Waals surface area contributed by atoms with Crippen molar-refractivity contribution in [2.45, 2.75) is 44.7 Å². The smallest absolute Gasteiger partial charge is 0.319 e. The van der Waals surface area contributed by atoms with Crippen LogP contribution in [0.2, 0.25) is 0 Å². The van der Waals surface area contributed by atoms with Gasteiger partial charge < -0.3 is 15.4 Å². The summed E-state index contributed by atoms with van der Waals surface area (Å²) in [5.74, 6) is 0. The third-order valence-electron chi connectivity index (χ3n) is 3.36. The minimum atomic E-state index is -0.141. The van der Waals surface area contributed by atoms with E-state index < -0.39 is 0 Å². The van der Waals surface area contributed by atoms with Crippen LogP contribution in [0.5, 0.6) is 0 Å². The third kappa shape index (κ3) is 4.55. The monoisotopic (exact) mass is 266 g/mol. The number of nitrogens with zero attached hydrogens (tertiary/aromatic N) is 2. The van der Waals surface area contributed by atoms with E-state index in [-0.39, 0.29) is 6.03 Å². The van der Waals surface area contributed by atoms with Crippen LogP contribution in [0.4, 0.5) is 10.5 Å². The van der Waals surface area contributed by atoms with Crippen LogP contribution < -0.4 is 10.6 Å². The molecule has 1 aromatic rings. The SMILES string of the molecule is COCCn1cc(NC(=O)NC2CCCCC2)cn1. The Labute approximate surface area is 113 Å². The molecule has 1 aliphatic rings. The second kappa shape index (κ2) is 7.13. The summed E-state index contributed by atoms with van der Waals surface area (Å²) in [6.07, 6.45) is 9.32. The fourth-order valence-corrected chi connectivity index (χ4v) is 2.33. The molecule has 2 amide bonds. The molecule has 0 aromatic carbocycles. The van der Waals surface area contributed by atoms with Crippen LogP contribution in [0.25, 0.3) is 0 Å². The number of carbonyl (C=O) groups excluding carboxylic acids is 1. The number of anilines is 1. The van der Waals surface area contributed by atoms with Gasteiger partial charge in [0, 0.05) is 19.3 Å². The Kier molecular flexibility index (Phi) is 5.20. The first-order valence-electron chi connectivity index (χ1n) is 6.87. The van der Waals surface area contributed by atoms with Gasteiger partial charge in [-0.05, 0) is 12.8 Å². The number of aromatic nitrogens is 2. The number of hydrogen-bond acceptors (Lipinski definition) is 3. The largest absolute Gasteiger partial charge is 0.383 e. The number of carbonyl (C=O) groups is 1. The van der Waals surface area contributed by atoms with Gasteiger partial charge in [-0.25, -0.2) is 4.79 Å². The van der Waals surface area contributed by atoms with E-state index >= 15 is 0 Å². The highest BCUT2D eigenvalue weighted by molar-refractivity contribution is 5.89. The Balaban J connectivity index is 1.76. The molecular formula is C13H22N4O2. The van der Waals surface area contributed by atoms with Gasteiger partial charge in [-0.15, -0.1) is 0 Å². The molecule has 6 heteroatoms. The molecule has 1 fully saturated rings. The lowest BCUT2D eigenvalue weighted by molar-refractivity contribution is 0.183. The predicted molar refractivity (Wildman–Crippen MR) is 73.1 cm³/mol. The van der Waals surface area contributed by atoms with Gasteiger partial charge in [0.25, 0.3) is 0 Å². The molecular weight excluding hydrogens is 244 g/mol. The summed E-state index contributed by atoms with van der Waals surface area (Å²) < 4.78 is 6.73. The molecule has 6 nitrogen and oxygen atoms in total. The van der Waals surface area contributed by atoms with Gasteiger partial charge in [0.1, 0.15) is 0 Å². The van der Waals surface area contributed by atoms with Gasteiger partial charge in [0.15, 0.2) is 0 Å². The summed E-state index contributed by atoms with van der Waals surface area (Å²) in [6, 6.07) is 0.176. The van der Waals surface area contributed by atoms with E-state index in [1.807, 2.05) is 0 Å². The predicted octanol–water partition coefficient (Wildman–Crippen LogP) is 1.98. The average molecular weight is 266 g/mol. The zero-order chi connectivity index (χ0) is 13.5. The maximum atomic E-state index is 11.8. The van der Waals surface area contributed by atoms with E-state index in [1.165, 1.54) is 19.3 Å². The number of hydrogen-bond donors (Lipinski definition) is 2. The minimum Gasteiger partial charge on any atom is -0.383 e. The van der Waals surface area contributed by atoms with Gasteiger partial charge in [0.05, 0.1) is 25.0 Å². The van der Waals surface area contributed by atoms with E-state index in [1.54, 1.807) is 24.2 Å². The molecule has 0 saturated heterocycles. The van der Waals surface area contributed by atoms with Crippen molar-refractivity contribution < 1.29 is 9.53 Å². The number of rotatable bonds is 5. The minimum absolute atomic E-state index is 0.141. The van der Waals surface area contributed by atoms with Gasteiger partial charge in [-0.1, -0.05) is 19.3 Å². The number of amides is 2. The number of nitrogens with one attached hydrogen (secondary N) is 2. The lowest BCUT2D eigenvalue weighted by Gasteiger charge is -2.22. The molecule has 106 valence electrons. The van der Waals surface area contributed by atoms with Gasteiger partial charge in [-0.3, -0.25) is 4.68 Å². The quantitative estimate of drug-likeness (QED) is 0.856.